The van der Waals surface area contributed by atoms with E-state index >= 15 is 0 Å². The van der Waals surface area contributed by atoms with Crippen molar-refractivity contribution in [1.29, 1.82) is 0 Å². The molecule has 142 valence electrons. The smallest absolute Gasteiger partial charge is 0.323 e. The van der Waals surface area contributed by atoms with Gasteiger partial charge in [0.1, 0.15) is 6.04 Å². The van der Waals surface area contributed by atoms with Gasteiger partial charge in [-0.3, -0.25) is 14.5 Å². The van der Waals surface area contributed by atoms with Gasteiger partial charge in [0.2, 0.25) is 5.91 Å². The molecule has 0 radical (unpaired) electrons. The first kappa shape index (κ1) is 19.1. The summed E-state index contributed by atoms with van der Waals surface area (Å²) in [6.07, 6.45) is 1.28. The summed E-state index contributed by atoms with van der Waals surface area (Å²) in [4.78, 5) is 27.2. The number of carbonyl (C=O) groups is 2. The molecular formula is C22H26N2O3. The molecule has 0 aromatic heterocycles. The van der Waals surface area contributed by atoms with Gasteiger partial charge in [-0.2, -0.15) is 0 Å². The largest absolute Gasteiger partial charge is 0.465 e. The first-order valence-corrected chi connectivity index (χ1v) is 9.47. The number of nitrogens with zero attached hydrogens (tertiary/aromatic N) is 1. The summed E-state index contributed by atoms with van der Waals surface area (Å²) in [5, 5.41) is 3.02. The highest BCUT2D eigenvalue weighted by Crippen LogP contribution is 2.27. The maximum absolute atomic E-state index is 12.8. The Hall–Kier alpha value is -2.66. The number of hydrogen-bond donors (Lipinski definition) is 1. The highest BCUT2D eigenvalue weighted by molar-refractivity contribution is 5.84. The van der Waals surface area contributed by atoms with Crippen LogP contribution in [0.1, 0.15) is 30.9 Å². The van der Waals surface area contributed by atoms with Crippen molar-refractivity contribution in [1.82, 2.24) is 10.2 Å². The van der Waals surface area contributed by atoms with Gasteiger partial charge in [-0.25, -0.2) is 0 Å². The minimum absolute atomic E-state index is 0.0402. The van der Waals surface area contributed by atoms with Crippen LogP contribution in [0.15, 0.2) is 60.7 Å². The third kappa shape index (κ3) is 4.95. The number of benzene rings is 2. The van der Waals surface area contributed by atoms with Crippen molar-refractivity contribution in [3.63, 3.8) is 0 Å². The highest BCUT2D eigenvalue weighted by Gasteiger charge is 2.41. The first-order valence-electron chi connectivity index (χ1n) is 9.47. The van der Waals surface area contributed by atoms with E-state index in [1.54, 1.807) is 6.92 Å². The molecule has 0 saturated carbocycles. The Morgan fingerprint density at radius 2 is 1.56 bits per heavy atom. The predicted molar refractivity (Wildman–Crippen MR) is 104 cm³/mol. The number of rotatable bonds is 7. The van der Waals surface area contributed by atoms with Crippen LogP contribution in [0, 0.1) is 0 Å². The highest BCUT2D eigenvalue weighted by atomic mass is 16.5. The monoisotopic (exact) mass is 366 g/mol. The molecule has 0 spiro atoms. The second-order valence-electron chi connectivity index (χ2n) is 6.72. The molecule has 1 heterocycles. The predicted octanol–water partition coefficient (Wildman–Crippen LogP) is 2.90. The Labute approximate surface area is 160 Å². The molecule has 0 aliphatic carbocycles. The van der Waals surface area contributed by atoms with Gasteiger partial charge in [-0.15, -0.1) is 0 Å². The number of likely N-dealkylation sites (tertiary alicyclic amines) is 1. The first-order chi connectivity index (χ1) is 13.2. The topological polar surface area (TPSA) is 58.6 Å². The average Bonchev–Trinajstić information content (AvgIpc) is 3.11. The number of hydrogen-bond acceptors (Lipinski definition) is 4. The van der Waals surface area contributed by atoms with E-state index in [1.807, 2.05) is 65.6 Å². The molecule has 5 heteroatoms. The van der Waals surface area contributed by atoms with E-state index in [4.69, 9.17) is 4.74 Å². The van der Waals surface area contributed by atoms with Crippen molar-refractivity contribution < 1.29 is 14.3 Å². The molecule has 2 aromatic rings. The van der Waals surface area contributed by atoms with Gasteiger partial charge in [-0.1, -0.05) is 60.7 Å². The second kappa shape index (κ2) is 9.33. The third-order valence-electron chi connectivity index (χ3n) is 4.89. The van der Waals surface area contributed by atoms with Gasteiger partial charge in [0.25, 0.3) is 0 Å². The van der Waals surface area contributed by atoms with Crippen molar-refractivity contribution in [3.05, 3.63) is 71.8 Å². The lowest BCUT2D eigenvalue weighted by Crippen LogP contribution is -2.47. The van der Waals surface area contributed by atoms with Crippen molar-refractivity contribution in [3.8, 4) is 0 Å². The van der Waals surface area contributed by atoms with Crippen molar-refractivity contribution in [2.24, 2.45) is 0 Å². The summed E-state index contributed by atoms with van der Waals surface area (Å²) in [5.41, 5.74) is 2.13. The Morgan fingerprint density at radius 1 is 0.963 bits per heavy atom. The lowest BCUT2D eigenvalue weighted by atomic mass is 10.1. The summed E-state index contributed by atoms with van der Waals surface area (Å²) >= 11 is 0. The van der Waals surface area contributed by atoms with Gasteiger partial charge >= 0.3 is 5.97 Å². The van der Waals surface area contributed by atoms with Crippen LogP contribution in [0.2, 0.25) is 0 Å². The SMILES string of the molecule is CCOC(=O)[C@H]1CC[C@@H](C(=O)NCc2ccccc2)N1Cc1ccccc1. The minimum Gasteiger partial charge on any atom is -0.465 e. The van der Waals surface area contributed by atoms with E-state index in [9.17, 15) is 9.59 Å². The summed E-state index contributed by atoms with van der Waals surface area (Å²) < 4.78 is 5.24. The van der Waals surface area contributed by atoms with Gasteiger partial charge in [0.05, 0.1) is 12.6 Å². The fourth-order valence-corrected chi connectivity index (χ4v) is 3.56. The molecular weight excluding hydrogens is 340 g/mol. The van der Waals surface area contributed by atoms with E-state index < -0.39 is 0 Å². The molecule has 1 fully saturated rings. The second-order valence-corrected chi connectivity index (χ2v) is 6.72. The molecule has 1 saturated heterocycles. The Bertz CT molecular complexity index is 749. The van der Waals surface area contributed by atoms with E-state index in [2.05, 4.69) is 5.32 Å². The van der Waals surface area contributed by atoms with Crippen LogP contribution >= 0.6 is 0 Å². The summed E-state index contributed by atoms with van der Waals surface area (Å²) in [6, 6.07) is 19.0. The van der Waals surface area contributed by atoms with Crippen LogP contribution in [0.3, 0.4) is 0 Å². The molecule has 0 unspecified atom stereocenters. The van der Waals surface area contributed by atoms with Gasteiger partial charge in [0.15, 0.2) is 0 Å². The molecule has 27 heavy (non-hydrogen) atoms. The van der Waals surface area contributed by atoms with Crippen LogP contribution in [-0.4, -0.2) is 35.5 Å². The summed E-state index contributed by atoms with van der Waals surface area (Å²) in [5.74, 6) is -0.284. The molecule has 2 atom stereocenters. The van der Waals surface area contributed by atoms with Crippen molar-refractivity contribution in [2.75, 3.05) is 6.61 Å². The normalized spacial score (nSPS) is 19.6. The standard InChI is InChI=1S/C22H26N2O3/c1-2-27-22(26)20-14-13-19(24(20)16-18-11-7-4-8-12-18)21(25)23-15-17-9-5-3-6-10-17/h3-12,19-20H,2,13-16H2,1H3,(H,23,25)/t19-,20+/m0/s1. The number of amides is 1. The van der Waals surface area contributed by atoms with E-state index in [0.717, 1.165) is 11.1 Å². The fourth-order valence-electron chi connectivity index (χ4n) is 3.56. The maximum Gasteiger partial charge on any atom is 0.323 e. The average molecular weight is 366 g/mol. The lowest BCUT2D eigenvalue weighted by Gasteiger charge is -2.28. The zero-order valence-corrected chi connectivity index (χ0v) is 15.6. The van der Waals surface area contributed by atoms with Crippen LogP contribution in [0.4, 0.5) is 0 Å². The Balaban J connectivity index is 1.71. The van der Waals surface area contributed by atoms with E-state index in [-0.39, 0.29) is 24.0 Å². The number of carbonyl (C=O) groups excluding carboxylic acids is 2. The number of ether oxygens (including phenoxy) is 1. The van der Waals surface area contributed by atoms with Crippen LogP contribution in [0.5, 0.6) is 0 Å². The fraction of sp³-hybridized carbons (Fsp3) is 0.364. The zero-order valence-electron chi connectivity index (χ0n) is 15.6. The van der Waals surface area contributed by atoms with Gasteiger partial charge < -0.3 is 10.1 Å². The Morgan fingerprint density at radius 3 is 2.19 bits per heavy atom. The van der Waals surface area contributed by atoms with Crippen molar-refractivity contribution >= 4 is 11.9 Å². The quantitative estimate of drug-likeness (QED) is 0.766. The van der Waals surface area contributed by atoms with Crippen LogP contribution in [-0.2, 0) is 27.4 Å². The van der Waals surface area contributed by atoms with E-state index in [0.29, 0.717) is 32.5 Å². The molecule has 3 rings (SSSR count). The van der Waals surface area contributed by atoms with Crippen LogP contribution in [0.25, 0.3) is 0 Å². The summed E-state index contributed by atoms with van der Waals surface area (Å²) in [7, 11) is 0. The minimum atomic E-state index is -0.377. The van der Waals surface area contributed by atoms with E-state index in [1.165, 1.54) is 0 Å². The van der Waals surface area contributed by atoms with Gasteiger partial charge in [0, 0.05) is 13.1 Å². The molecule has 0 bridgehead atoms. The summed E-state index contributed by atoms with van der Waals surface area (Å²) in [6.45, 7) is 3.19. The van der Waals surface area contributed by atoms with Gasteiger partial charge in [-0.05, 0) is 30.9 Å². The Kier molecular flexibility index (Phi) is 6.60. The number of esters is 1. The van der Waals surface area contributed by atoms with Crippen LogP contribution < -0.4 is 5.32 Å². The zero-order chi connectivity index (χ0) is 19.1. The molecule has 1 amide bonds. The molecule has 1 aliphatic rings. The maximum atomic E-state index is 12.8. The third-order valence-corrected chi connectivity index (χ3v) is 4.89. The lowest BCUT2D eigenvalue weighted by molar-refractivity contribution is -0.149. The molecule has 1 aliphatic heterocycles. The van der Waals surface area contributed by atoms with Crippen molar-refractivity contribution in [2.45, 2.75) is 44.9 Å². The molecule has 2 aromatic carbocycles. The number of nitrogens with one attached hydrogen (secondary N) is 1. The molecule has 1 N–H and O–H groups in total. The molecule has 5 nitrogen and oxygen atoms in total.